The van der Waals surface area contributed by atoms with Gasteiger partial charge in [0, 0.05) is 17.9 Å². The van der Waals surface area contributed by atoms with Crippen LogP contribution in [0.25, 0.3) is 0 Å². The van der Waals surface area contributed by atoms with Crippen molar-refractivity contribution in [1.82, 2.24) is 5.32 Å². The molecule has 132 valence electrons. The first-order chi connectivity index (χ1) is 12.0. The van der Waals surface area contributed by atoms with Gasteiger partial charge < -0.3 is 10.6 Å². The molecular formula is C18H22N4O2S. The summed E-state index contributed by atoms with van der Waals surface area (Å²) < 4.78 is 25.7. The fourth-order valence-electron chi connectivity index (χ4n) is 2.50. The van der Waals surface area contributed by atoms with Crippen molar-refractivity contribution in [1.29, 1.82) is 0 Å². The average molecular weight is 358 g/mol. The normalized spacial score (nSPS) is 13.9. The summed E-state index contributed by atoms with van der Waals surface area (Å²) >= 11 is 0. The largest absolute Gasteiger partial charge is 0.354 e. The molecule has 2 aromatic carbocycles. The molecule has 0 unspecified atom stereocenters. The number of hydrogen-bond acceptors (Lipinski definition) is 5. The van der Waals surface area contributed by atoms with Crippen LogP contribution in [-0.4, -0.2) is 33.2 Å². The SMILES string of the molecule is CCS(=O)(=O)Nc1ccc(Cc2ccc(NC3=NCCN3)cc2)cc1. The van der Waals surface area contributed by atoms with Gasteiger partial charge in [0.15, 0.2) is 5.96 Å². The second-order valence-corrected chi connectivity index (χ2v) is 7.87. The van der Waals surface area contributed by atoms with Crippen LogP contribution in [0, 0.1) is 0 Å². The Balaban J connectivity index is 1.60. The summed E-state index contributed by atoms with van der Waals surface area (Å²) in [6.07, 6.45) is 0.792. The van der Waals surface area contributed by atoms with Crippen LogP contribution < -0.4 is 15.4 Å². The third-order valence-electron chi connectivity index (χ3n) is 3.91. The van der Waals surface area contributed by atoms with Gasteiger partial charge in [-0.2, -0.15) is 0 Å². The Morgan fingerprint density at radius 3 is 2.12 bits per heavy atom. The first-order valence-electron chi connectivity index (χ1n) is 8.28. The van der Waals surface area contributed by atoms with E-state index in [2.05, 4.69) is 32.5 Å². The van der Waals surface area contributed by atoms with Gasteiger partial charge in [-0.25, -0.2) is 8.42 Å². The molecule has 3 N–H and O–H groups in total. The van der Waals surface area contributed by atoms with Crippen molar-refractivity contribution < 1.29 is 8.42 Å². The highest BCUT2D eigenvalue weighted by Gasteiger charge is 2.07. The molecular weight excluding hydrogens is 336 g/mol. The fraction of sp³-hybridized carbons (Fsp3) is 0.278. The molecule has 0 bridgehead atoms. The maximum Gasteiger partial charge on any atom is 0.232 e. The van der Waals surface area contributed by atoms with Crippen LogP contribution in [0.2, 0.25) is 0 Å². The number of benzene rings is 2. The summed E-state index contributed by atoms with van der Waals surface area (Å²) in [5.41, 5.74) is 3.91. The van der Waals surface area contributed by atoms with Crippen LogP contribution in [0.4, 0.5) is 11.4 Å². The van der Waals surface area contributed by atoms with Crippen molar-refractivity contribution in [2.24, 2.45) is 4.99 Å². The average Bonchev–Trinajstić information content (AvgIpc) is 3.11. The number of rotatable bonds is 6. The summed E-state index contributed by atoms with van der Waals surface area (Å²) in [6, 6.07) is 15.7. The third-order valence-corrected chi connectivity index (χ3v) is 5.21. The number of sulfonamides is 1. The highest BCUT2D eigenvalue weighted by molar-refractivity contribution is 7.92. The molecule has 0 saturated heterocycles. The lowest BCUT2D eigenvalue weighted by molar-refractivity contribution is 0.602. The quantitative estimate of drug-likeness (QED) is 0.741. The summed E-state index contributed by atoms with van der Waals surface area (Å²) in [6.45, 7) is 3.31. The van der Waals surface area contributed by atoms with E-state index < -0.39 is 10.0 Å². The predicted molar refractivity (Wildman–Crippen MR) is 103 cm³/mol. The number of nitrogens with zero attached hydrogens (tertiary/aromatic N) is 1. The molecule has 0 atom stereocenters. The summed E-state index contributed by atoms with van der Waals surface area (Å²) in [4.78, 5) is 4.31. The van der Waals surface area contributed by atoms with E-state index in [1.54, 1.807) is 19.1 Å². The van der Waals surface area contributed by atoms with E-state index in [9.17, 15) is 8.42 Å². The van der Waals surface area contributed by atoms with Crippen LogP contribution in [0.1, 0.15) is 18.1 Å². The van der Waals surface area contributed by atoms with Crippen molar-refractivity contribution in [2.75, 3.05) is 28.9 Å². The number of nitrogens with one attached hydrogen (secondary N) is 3. The van der Waals surface area contributed by atoms with Gasteiger partial charge >= 0.3 is 0 Å². The van der Waals surface area contributed by atoms with Crippen molar-refractivity contribution in [2.45, 2.75) is 13.3 Å². The molecule has 6 nitrogen and oxygen atoms in total. The molecule has 7 heteroatoms. The first-order valence-corrected chi connectivity index (χ1v) is 9.93. The van der Waals surface area contributed by atoms with Gasteiger partial charge in [-0.05, 0) is 48.7 Å². The molecule has 0 saturated carbocycles. The standard InChI is InChI=1S/C18H22N4O2S/c1-2-25(23,24)22-17-9-5-15(6-10-17)13-14-3-7-16(8-4-14)21-18-19-11-12-20-18/h3-10,22H,2,11-13H2,1H3,(H2,19,20,21). The van der Waals surface area contributed by atoms with E-state index in [0.29, 0.717) is 5.69 Å². The second kappa shape index (κ2) is 7.57. The van der Waals surface area contributed by atoms with E-state index in [0.717, 1.165) is 36.7 Å². The Labute approximate surface area is 148 Å². The second-order valence-electron chi connectivity index (χ2n) is 5.86. The minimum absolute atomic E-state index is 0.0665. The zero-order valence-corrected chi connectivity index (χ0v) is 14.9. The van der Waals surface area contributed by atoms with E-state index in [-0.39, 0.29) is 5.75 Å². The van der Waals surface area contributed by atoms with Crippen LogP contribution in [0.5, 0.6) is 0 Å². The van der Waals surface area contributed by atoms with Gasteiger partial charge in [0.05, 0.1) is 12.3 Å². The van der Waals surface area contributed by atoms with E-state index in [1.807, 2.05) is 24.3 Å². The molecule has 0 amide bonds. The first kappa shape index (κ1) is 17.3. The molecule has 1 aliphatic heterocycles. The number of hydrogen-bond donors (Lipinski definition) is 3. The maximum atomic E-state index is 11.6. The lowest BCUT2D eigenvalue weighted by atomic mass is 10.0. The zero-order valence-electron chi connectivity index (χ0n) is 14.1. The highest BCUT2D eigenvalue weighted by atomic mass is 32.2. The molecule has 3 rings (SSSR count). The van der Waals surface area contributed by atoms with Crippen molar-refractivity contribution >= 4 is 27.4 Å². The Hall–Kier alpha value is -2.54. The summed E-state index contributed by atoms with van der Waals surface area (Å²) in [7, 11) is -3.23. The van der Waals surface area contributed by atoms with Gasteiger partial charge in [0.2, 0.25) is 10.0 Å². The van der Waals surface area contributed by atoms with Gasteiger partial charge in [-0.3, -0.25) is 9.71 Å². The van der Waals surface area contributed by atoms with Crippen LogP contribution in [-0.2, 0) is 16.4 Å². The molecule has 0 fully saturated rings. The topological polar surface area (TPSA) is 82.6 Å². The molecule has 0 aliphatic carbocycles. The molecule has 0 radical (unpaired) electrons. The van der Waals surface area contributed by atoms with E-state index >= 15 is 0 Å². The Morgan fingerprint density at radius 1 is 1.00 bits per heavy atom. The van der Waals surface area contributed by atoms with E-state index in [4.69, 9.17) is 0 Å². The zero-order chi connectivity index (χ0) is 17.7. The van der Waals surface area contributed by atoms with Crippen LogP contribution in [0.3, 0.4) is 0 Å². The monoisotopic (exact) mass is 358 g/mol. The van der Waals surface area contributed by atoms with Crippen LogP contribution >= 0.6 is 0 Å². The third kappa shape index (κ3) is 4.96. The van der Waals surface area contributed by atoms with Crippen molar-refractivity contribution in [3.63, 3.8) is 0 Å². The van der Waals surface area contributed by atoms with Gasteiger partial charge in [0.1, 0.15) is 0 Å². The molecule has 25 heavy (non-hydrogen) atoms. The Morgan fingerprint density at radius 2 is 1.60 bits per heavy atom. The summed E-state index contributed by atoms with van der Waals surface area (Å²) in [5, 5.41) is 6.42. The van der Waals surface area contributed by atoms with Gasteiger partial charge in [0.25, 0.3) is 0 Å². The maximum absolute atomic E-state index is 11.6. The number of aliphatic imine (C=N–C) groups is 1. The molecule has 0 aromatic heterocycles. The minimum atomic E-state index is -3.23. The number of guanidine groups is 1. The minimum Gasteiger partial charge on any atom is -0.354 e. The molecule has 0 spiro atoms. The van der Waals surface area contributed by atoms with Gasteiger partial charge in [-0.15, -0.1) is 0 Å². The summed E-state index contributed by atoms with van der Waals surface area (Å²) in [5.74, 6) is 0.884. The smallest absolute Gasteiger partial charge is 0.232 e. The van der Waals surface area contributed by atoms with Crippen LogP contribution in [0.15, 0.2) is 53.5 Å². The van der Waals surface area contributed by atoms with E-state index in [1.165, 1.54) is 5.56 Å². The number of anilines is 2. The molecule has 1 heterocycles. The van der Waals surface area contributed by atoms with Crippen molar-refractivity contribution in [3.05, 3.63) is 59.7 Å². The Kier molecular flexibility index (Phi) is 5.23. The molecule has 1 aliphatic rings. The van der Waals surface area contributed by atoms with Gasteiger partial charge in [-0.1, -0.05) is 24.3 Å². The highest BCUT2D eigenvalue weighted by Crippen LogP contribution is 2.16. The lowest BCUT2D eigenvalue weighted by Crippen LogP contribution is -2.26. The fourth-order valence-corrected chi connectivity index (χ4v) is 3.14. The predicted octanol–water partition coefficient (Wildman–Crippen LogP) is 2.41. The Bertz CT molecular complexity index is 844. The lowest BCUT2D eigenvalue weighted by Gasteiger charge is -2.09. The van der Waals surface area contributed by atoms with Crippen molar-refractivity contribution in [3.8, 4) is 0 Å². The molecule has 2 aromatic rings.